The average Bonchev–Trinajstić information content (AvgIpc) is 3.90. The van der Waals surface area contributed by atoms with Crippen LogP contribution in [0.15, 0.2) is 90.2 Å². The summed E-state index contributed by atoms with van der Waals surface area (Å²) in [4.78, 5) is 35.8. The molecule has 3 aromatic carbocycles. The number of likely N-dealkylation sites (tertiary alicyclic amines) is 1. The molecule has 1 saturated heterocycles. The molecular formula is C43H39N7O6. The third-order valence-electron chi connectivity index (χ3n) is 11.5. The van der Waals surface area contributed by atoms with Gasteiger partial charge < -0.3 is 29.0 Å². The zero-order valence-corrected chi connectivity index (χ0v) is 30.9. The highest BCUT2D eigenvalue weighted by Crippen LogP contribution is 2.38. The van der Waals surface area contributed by atoms with Gasteiger partial charge in [-0.05, 0) is 71.8 Å². The predicted octanol–water partition coefficient (Wildman–Crippen LogP) is 7.16. The van der Waals surface area contributed by atoms with Crippen molar-refractivity contribution in [1.29, 1.82) is 0 Å². The van der Waals surface area contributed by atoms with E-state index in [1.807, 2.05) is 62.5 Å². The number of carbonyl (C=O) groups is 1. The number of piperidine rings is 1. The Morgan fingerprint density at radius 2 is 1.73 bits per heavy atom. The van der Waals surface area contributed by atoms with Crippen LogP contribution in [-0.4, -0.2) is 69.4 Å². The number of amides is 1. The van der Waals surface area contributed by atoms with Gasteiger partial charge in [-0.25, -0.2) is 24.2 Å². The Hall–Kier alpha value is -6.60. The molecule has 56 heavy (non-hydrogen) atoms. The highest BCUT2D eigenvalue weighted by Gasteiger charge is 2.32. The fourth-order valence-corrected chi connectivity index (χ4v) is 8.52. The molecule has 0 unspecified atom stereocenters. The molecule has 3 aliphatic heterocycles. The lowest BCUT2D eigenvalue weighted by molar-refractivity contribution is 0.0914. The standard InChI is InChI=1S/C43H39N7O6/c1-24(2)32-15-34(38(52)17-37(32)51)41-45-46-42(53)50(41)31-8-7-26-18-48(19-27(26)14-31)30-9-11-47(12-10-30)43(54)56-39-23-55-22-29-21-49-20-28-13-25-5-3-4-6-35(25)44-40(28)36(49)16-33(29)39/h3-8,13-17,20-21,23-24,30,51-52H,9-12,18-19,22H2,1-2H3,(H,46,53). The monoisotopic (exact) mass is 749 g/mol. The second-order valence-electron chi connectivity index (χ2n) is 15.3. The summed E-state index contributed by atoms with van der Waals surface area (Å²) in [6.45, 7) is 6.86. The number of ether oxygens (including phenoxy) is 2. The number of nitrogens with one attached hydrogen (secondary N) is 1. The fourth-order valence-electron chi connectivity index (χ4n) is 8.52. The van der Waals surface area contributed by atoms with E-state index in [0.717, 1.165) is 63.4 Å². The van der Waals surface area contributed by atoms with Gasteiger partial charge in [0, 0.05) is 72.6 Å². The minimum Gasteiger partial charge on any atom is -0.508 e. The van der Waals surface area contributed by atoms with Gasteiger partial charge in [0.05, 0.1) is 27.8 Å². The van der Waals surface area contributed by atoms with Crippen LogP contribution in [0.4, 0.5) is 4.79 Å². The van der Waals surface area contributed by atoms with Crippen LogP contribution in [0.2, 0.25) is 0 Å². The zero-order valence-electron chi connectivity index (χ0n) is 30.9. The number of aromatic amines is 1. The third-order valence-corrected chi connectivity index (χ3v) is 11.5. The number of phenolic OH excluding ortho intramolecular Hbond substituents is 2. The number of hydrogen-bond donors (Lipinski definition) is 3. The predicted molar refractivity (Wildman–Crippen MR) is 210 cm³/mol. The number of carbonyl (C=O) groups excluding carboxylic acids is 1. The van der Waals surface area contributed by atoms with Gasteiger partial charge >= 0.3 is 11.8 Å². The van der Waals surface area contributed by atoms with Gasteiger partial charge in [-0.1, -0.05) is 38.1 Å². The second-order valence-corrected chi connectivity index (χ2v) is 15.3. The number of rotatable bonds is 5. The summed E-state index contributed by atoms with van der Waals surface area (Å²) >= 11 is 0. The lowest BCUT2D eigenvalue weighted by Crippen LogP contribution is -2.45. The summed E-state index contributed by atoms with van der Waals surface area (Å²) in [5, 5.41) is 30.0. The van der Waals surface area contributed by atoms with Gasteiger partial charge in [-0.15, -0.1) is 0 Å². The molecule has 7 heterocycles. The van der Waals surface area contributed by atoms with Crippen molar-refractivity contribution in [3.63, 3.8) is 0 Å². The second kappa shape index (κ2) is 13.0. The maximum atomic E-state index is 13.6. The third kappa shape index (κ3) is 5.65. The summed E-state index contributed by atoms with van der Waals surface area (Å²) < 4.78 is 15.3. The fraction of sp³-hybridized carbons (Fsp3) is 0.256. The summed E-state index contributed by atoms with van der Waals surface area (Å²) in [7, 11) is 0. The van der Waals surface area contributed by atoms with Gasteiger partial charge in [0.1, 0.15) is 24.4 Å². The van der Waals surface area contributed by atoms with Gasteiger partial charge in [0.25, 0.3) is 0 Å². The molecule has 7 aromatic rings. The van der Waals surface area contributed by atoms with Crippen LogP contribution in [0.25, 0.3) is 50.2 Å². The van der Waals surface area contributed by atoms with E-state index >= 15 is 0 Å². The van der Waals surface area contributed by atoms with E-state index in [0.29, 0.717) is 48.8 Å². The largest absolute Gasteiger partial charge is 0.508 e. The number of para-hydroxylation sites is 1. The number of benzene rings is 3. The first-order chi connectivity index (χ1) is 27.2. The van der Waals surface area contributed by atoms with Crippen molar-refractivity contribution in [3.8, 4) is 28.6 Å². The van der Waals surface area contributed by atoms with Gasteiger partial charge in [-0.3, -0.25) is 4.90 Å². The van der Waals surface area contributed by atoms with Gasteiger partial charge in [0.15, 0.2) is 11.6 Å². The van der Waals surface area contributed by atoms with Crippen LogP contribution >= 0.6 is 0 Å². The summed E-state index contributed by atoms with van der Waals surface area (Å²) in [6.07, 6.45) is 6.82. The maximum absolute atomic E-state index is 13.6. The van der Waals surface area contributed by atoms with E-state index in [9.17, 15) is 19.8 Å². The van der Waals surface area contributed by atoms with E-state index in [1.54, 1.807) is 11.0 Å². The molecule has 0 aliphatic carbocycles. The van der Waals surface area contributed by atoms with Crippen LogP contribution in [0.3, 0.4) is 0 Å². The van der Waals surface area contributed by atoms with Crippen LogP contribution in [0.1, 0.15) is 60.4 Å². The molecule has 1 amide bonds. The number of aromatic hydroxyl groups is 2. The van der Waals surface area contributed by atoms with Crippen molar-refractivity contribution >= 4 is 39.2 Å². The number of nitrogens with zero attached hydrogens (tertiary/aromatic N) is 6. The van der Waals surface area contributed by atoms with Gasteiger partial charge in [0.2, 0.25) is 0 Å². The summed E-state index contributed by atoms with van der Waals surface area (Å²) in [5.41, 5.74) is 7.99. The molecule has 0 spiro atoms. The number of H-pyrrole nitrogens is 1. The SMILES string of the molecule is CC(C)c1cc(-c2n[nH]c(=O)n2-c2ccc3c(c2)CN(C2CCN(C(=O)OC4=COCc5cn6cc7cc8ccccc8nc7c6cc54)CC2)C3)c(O)cc1O. The minimum absolute atomic E-state index is 0.00348. The van der Waals surface area contributed by atoms with Crippen molar-refractivity contribution in [1.82, 2.24) is 33.9 Å². The lowest BCUT2D eigenvalue weighted by Gasteiger charge is -2.36. The van der Waals surface area contributed by atoms with E-state index in [2.05, 4.69) is 37.8 Å². The molecule has 3 aliphatic rings. The minimum atomic E-state index is -0.427. The Bertz CT molecular complexity index is 2830. The van der Waals surface area contributed by atoms with Crippen molar-refractivity contribution in [2.45, 2.75) is 58.3 Å². The average molecular weight is 750 g/mol. The Balaban J connectivity index is 0.820. The first-order valence-corrected chi connectivity index (χ1v) is 18.9. The Labute approximate surface area is 320 Å². The smallest absolute Gasteiger partial charge is 0.415 e. The highest BCUT2D eigenvalue weighted by molar-refractivity contribution is 6.01. The molecule has 3 N–H and O–H groups in total. The quantitative estimate of drug-likeness (QED) is 0.167. The summed E-state index contributed by atoms with van der Waals surface area (Å²) in [5.74, 6) is 0.480. The van der Waals surface area contributed by atoms with Gasteiger partial charge in [-0.2, -0.15) is 5.10 Å². The number of phenols is 2. The Kier molecular flexibility index (Phi) is 7.89. The summed E-state index contributed by atoms with van der Waals surface area (Å²) in [6, 6.07) is 21.4. The molecule has 13 nitrogen and oxygen atoms in total. The number of hydrogen-bond acceptors (Lipinski definition) is 9. The van der Waals surface area contributed by atoms with Crippen molar-refractivity contribution < 1.29 is 24.5 Å². The lowest BCUT2D eigenvalue weighted by atomic mass is 9.98. The van der Waals surface area contributed by atoms with Crippen molar-refractivity contribution in [2.24, 2.45) is 0 Å². The Morgan fingerprint density at radius 3 is 2.57 bits per heavy atom. The molecule has 282 valence electrons. The molecule has 10 rings (SSSR count). The molecule has 0 saturated carbocycles. The zero-order chi connectivity index (χ0) is 38.2. The normalized spacial score (nSPS) is 16.1. The maximum Gasteiger partial charge on any atom is 0.415 e. The van der Waals surface area contributed by atoms with E-state index in [-0.39, 0.29) is 29.3 Å². The molecule has 0 atom stereocenters. The molecule has 13 heteroatoms. The van der Waals surface area contributed by atoms with Crippen molar-refractivity contribution in [2.75, 3.05) is 13.1 Å². The molecule has 1 fully saturated rings. The first-order valence-electron chi connectivity index (χ1n) is 18.9. The number of aromatic nitrogens is 5. The highest BCUT2D eigenvalue weighted by atomic mass is 16.6. The molecular weight excluding hydrogens is 711 g/mol. The van der Waals surface area contributed by atoms with Crippen LogP contribution < -0.4 is 5.69 Å². The van der Waals surface area contributed by atoms with E-state index in [4.69, 9.17) is 14.5 Å². The van der Waals surface area contributed by atoms with Crippen LogP contribution in [0, 0.1) is 0 Å². The van der Waals surface area contributed by atoms with E-state index < -0.39 is 11.8 Å². The number of fused-ring (bicyclic) bond motifs is 6. The van der Waals surface area contributed by atoms with Crippen molar-refractivity contribution in [3.05, 3.63) is 124 Å². The molecule has 4 aromatic heterocycles. The molecule has 0 radical (unpaired) electrons. The topological polar surface area (TPSA) is 150 Å². The van der Waals surface area contributed by atoms with Crippen LogP contribution in [0.5, 0.6) is 11.5 Å². The van der Waals surface area contributed by atoms with E-state index in [1.165, 1.54) is 22.5 Å². The first kappa shape index (κ1) is 33.9. The number of pyridine rings is 2. The van der Waals surface area contributed by atoms with Crippen LogP contribution in [-0.2, 0) is 29.2 Å². The molecule has 0 bridgehead atoms. The Morgan fingerprint density at radius 1 is 0.911 bits per heavy atom.